The van der Waals surface area contributed by atoms with Gasteiger partial charge in [-0.3, -0.25) is 0 Å². The molecule has 3 aliphatic heterocycles. The summed E-state index contributed by atoms with van der Waals surface area (Å²) < 4.78 is 15.5. The molecular formula is C126H87N9S3Si3. The number of nitrogens with zero attached hydrogens (tertiary/aromatic N) is 9. The number of hydrogen-bond acceptors (Lipinski definition) is 9. The second kappa shape index (κ2) is 32.0. The van der Waals surface area contributed by atoms with E-state index in [1.807, 2.05) is 52.2 Å². The molecule has 0 fully saturated rings. The van der Waals surface area contributed by atoms with E-state index in [2.05, 4.69) is 453 Å². The predicted molar refractivity (Wildman–Crippen MR) is 607 cm³/mol. The lowest BCUT2D eigenvalue weighted by atomic mass is 10.1. The van der Waals surface area contributed by atoms with Crippen LogP contribution in [0, 0.1) is 0 Å². The highest BCUT2D eigenvalue weighted by atomic mass is 32.1. The van der Waals surface area contributed by atoms with E-state index in [9.17, 15) is 0 Å². The molecule has 0 amide bonds. The molecule has 666 valence electrons. The van der Waals surface area contributed by atoms with Crippen LogP contribution >= 0.6 is 34.0 Å². The standard InChI is InChI=1S/3C42H29N3SSi/c1-47(2)36-25-28(45-33-19-11-9-18-31(33)37-34(45)24-23-30-29-17-10-12-20-35(29)46-40(30)37)21-22-32(36)39-41(47)38(26-13-5-3-6-14-26)43-42(44-39)27-15-7-4-8-16-27;1-47(2)38-23-28(45-34-19-11-9-17-29(34)32-25-37-33(24-35(32)45)30-18-10-12-20-36(30)46-37)21-22-31(38)40-41(47)39(26-13-5-3-6-14-26)43-42(44-40)27-15-7-4-8-16-27;1-47(2)36-25-28(45-32-19-11-9-17-29(32)37-33(45)23-24-35-38(37)30-18-10-12-20-34(30)46-35)21-22-31(36)40-41(47)39(26-13-5-3-6-14-26)43-42(44-40)27-15-7-4-8-16-27/h3*3-25H,1-2H3. The second-order valence-electron chi connectivity index (χ2n) is 39.0. The smallest absolute Gasteiger partial charge is 0.160 e. The van der Waals surface area contributed by atoms with Gasteiger partial charge in [-0.15, -0.1) is 34.0 Å². The molecule has 0 bridgehead atoms. The molecule has 0 saturated heterocycles. The molecule has 141 heavy (non-hydrogen) atoms. The summed E-state index contributed by atoms with van der Waals surface area (Å²) in [6.45, 7) is 14.8. The summed E-state index contributed by atoms with van der Waals surface area (Å²) in [6.07, 6.45) is 0. The van der Waals surface area contributed by atoms with E-state index in [1.165, 1.54) is 191 Å². The van der Waals surface area contributed by atoms with Crippen molar-refractivity contribution in [3.05, 3.63) is 419 Å². The van der Waals surface area contributed by atoms with Crippen molar-refractivity contribution in [3.63, 3.8) is 0 Å². The number of para-hydroxylation sites is 3. The van der Waals surface area contributed by atoms with Crippen LogP contribution in [-0.2, 0) is 0 Å². The van der Waals surface area contributed by atoms with Gasteiger partial charge in [0.25, 0.3) is 0 Å². The van der Waals surface area contributed by atoms with Gasteiger partial charge >= 0.3 is 0 Å². The van der Waals surface area contributed by atoms with Crippen LogP contribution in [0.4, 0.5) is 0 Å². The molecule has 0 N–H and O–H groups in total. The number of rotatable bonds is 9. The first kappa shape index (κ1) is 83.1. The summed E-state index contributed by atoms with van der Waals surface area (Å²) in [5.41, 5.74) is 27.7. The lowest BCUT2D eigenvalue weighted by Gasteiger charge is -2.22. The Bertz CT molecular complexity index is 9710. The van der Waals surface area contributed by atoms with Gasteiger partial charge in [-0.1, -0.05) is 355 Å². The third-order valence-electron chi connectivity index (χ3n) is 29.9. The van der Waals surface area contributed by atoms with Crippen molar-refractivity contribution < 1.29 is 0 Å². The fourth-order valence-electron chi connectivity index (χ4n) is 23.4. The Balaban J connectivity index is 0.000000104. The van der Waals surface area contributed by atoms with Gasteiger partial charge < -0.3 is 13.7 Å². The highest BCUT2D eigenvalue weighted by molar-refractivity contribution is 7.27. The molecular weight excluding hydrogens is 1820 g/mol. The van der Waals surface area contributed by atoms with Crippen molar-refractivity contribution >= 4 is 215 Å². The van der Waals surface area contributed by atoms with E-state index in [0.717, 1.165) is 85.0 Å². The van der Waals surface area contributed by atoms with Crippen LogP contribution in [-0.4, -0.2) is 67.8 Å². The topological polar surface area (TPSA) is 92.1 Å². The Kier molecular flexibility index (Phi) is 18.9. The lowest BCUT2D eigenvalue weighted by molar-refractivity contribution is 1.18. The van der Waals surface area contributed by atoms with E-state index >= 15 is 0 Å². The maximum absolute atomic E-state index is 5.31. The Hall–Kier alpha value is -16.1. The molecule has 0 spiro atoms. The summed E-state index contributed by atoms with van der Waals surface area (Å²) in [5.74, 6) is 2.33. The molecule has 30 rings (SSSR count). The molecule has 0 unspecified atom stereocenters. The molecule has 27 aromatic rings. The van der Waals surface area contributed by atoms with Crippen molar-refractivity contribution in [3.8, 4) is 119 Å². The Morgan fingerprint density at radius 2 is 0.511 bits per heavy atom. The molecule has 0 saturated carbocycles. The quantitative estimate of drug-likeness (QED) is 0.134. The number of thiophene rings is 3. The summed E-state index contributed by atoms with van der Waals surface area (Å²) in [4.78, 5) is 31.8. The normalized spacial score (nSPS) is 13.5. The zero-order valence-corrected chi connectivity index (χ0v) is 83.5. The SMILES string of the molecule is C[Si]1(C)c2cc(-n3c4ccccc4c4c5c(ccc43)sc3ccccc35)ccc2-c2nc(-c3ccccc3)nc(-c3ccccc3)c21.C[Si]1(C)c2cc(-n3c4ccccc4c4c5sc6ccccc6c5ccc43)ccc2-c2nc(-c3ccccc3)nc(-c3ccccc3)c21.C[Si]1(C)c2cc(-n3c4ccccc4c4cc5sc6ccccc6c5cc43)ccc2-c2nc(-c3ccccc3)nc(-c3ccccc3)c21. The number of aromatic nitrogens is 9. The van der Waals surface area contributed by atoms with Crippen LogP contribution in [0.1, 0.15) is 0 Å². The van der Waals surface area contributed by atoms with Gasteiger partial charge in [0.05, 0.1) is 67.3 Å². The molecule has 3 aliphatic rings. The Labute approximate surface area is 828 Å². The fourth-order valence-corrected chi connectivity index (χ4v) is 36.6. The second-order valence-corrected chi connectivity index (χ2v) is 55.1. The average molecular weight is 1910 g/mol. The van der Waals surface area contributed by atoms with Gasteiger partial charge in [-0.2, -0.15) is 0 Å². The highest BCUT2D eigenvalue weighted by Crippen LogP contribution is 2.49. The van der Waals surface area contributed by atoms with Gasteiger partial charge in [-0.25, -0.2) is 29.9 Å². The lowest BCUT2D eigenvalue weighted by Crippen LogP contribution is -2.50. The van der Waals surface area contributed by atoms with E-state index < -0.39 is 24.2 Å². The van der Waals surface area contributed by atoms with Gasteiger partial charge in [0.2, 0.25) is 0 Å². The first-order valence-electron chi connectivity index (χ1n) is 48.3. The van der Waals surface area contributed by atoms with Crippen LogP contribution in [0.5, 0.6) is 0 Å². The highest BCUT2D eigenvalue weighted by Gasteiger charge is 2.46. The molecule has 9 aromatic heterocycles. The van der Waals surface area contributed by atoms with Gasteiger partial charge in [-0.05, 0) is 151 Å². The minimum Gasteiger partial charge on any atom is -0.309 e. The van der Waals surface area contributed by atoms with Crippen molar-refractivity contribution in [1.29, 1.82) is 0 Å². The molecule has 12 heterocycles. The zero-order valence-electron chi connectivity index (χ0n) is 78.1. The predicted octanol–water partition coefficient (Wildman–Crippen LogP) is 30.2. The number of hydrogen-bond donors (Lipinski definition) is 0. The van der Waals surface area contributed by atoms with Crippen molar-refractivity contribution in [2.24, 2.45) is 0 Å². The molecule has 0 atom stereocenters. The van der Waals surface area contributed by atoms with E-state index in [4.69, 9.17) is 29.9 Å². The molecule has 18 aromatic carbocycles. The van der Waals surface area contributed by atoms with E-state index in [0.29, 0.717) is 0 Å². The largest absolute Gasteiger partial charge is 0.309 e. The van der Waals surface area contributed by atoms with Crippen LogP contribution in [0.3, 0.4) is 0 Å². The first-order valence-corrected chi connectivity index (χ1v) is 59.7. The van der Waals surface area contributed by atoms with Crippen LogP contribution in [0.15, 0.2) is 419 Å². The summed E-state index contributed by atoms with van der Waals surface area (Å²) in [6, 6.07) is 151. The van der Waals surface area contributed by atoms with Crippen molar-refractivity contribution in [2.75, 3.05) is 0 Å². The van der Waals surface area contributed by atoms with Crippen LogP contribution in [0.2, 0.25) is 39.3 Å². The van der Waals surface area contributed by atoms with E-state index in [1.54, 1.807) is 0 Å². The monoisotopic (exact) mass is 1910 g/mol. The molecule has 0 aliphatic carbocycles. The maximum atomic E-state index is 5.31. The van der Waals surface area contributed by atoms with Crippen molar-refractivity contribution in [2.45, 2.75) is 39.3 Å². The van der Waals surface area contributed by atoms with Crippen molar-refractivity contribution in [1.82, 2.24) is 43.6 Å². The number of fused-ring (bicyclic) bond motifs is 29. The summed E-state index contributed by atoms with van der Waals surface area (Å²) >= 11 is 5.67. The third-order valence-corrected chi connectivity index (χ3v) is 43.9. The van der Waals surface area contributed by atoms with Gasteiger partial charge in [0.15, 0.2) is 17.5 Å². The summed E-state index contributed by atoms with van der Waals surface area (Å²) in [7, 11) is -6.65. The third kappa shape index (κ3) is 12.8. The van der Waals surface area contributed by atoms with E-state index in [-0.39, 0.29) is 0 Å². The van der Waals surface area contributed by atoms with Gasteiger partial charge in [0.1, 0.15) is 24.2 Å². The van der Waals surface area contributed by atoms with Gasteiger partial charge in [0, 0.05) is 143 Å². The minimum atomic E-state index is -2.22. The zero-order chi connectivity index (χ0) is 93.8. The maximum Gasteiger partial charge on any atom is 0.160 e. The first-order chi connectivity index (χ1) is 69.2. The number of benzene rings is 18. The fraction of sp³-hybridized carbons (Fsp3) is 0.0476. The van der Waals surface area contributed by atoms with Crippen LogP contribution < -0.4 is 31.1 Å². The molecule has 9 nitrogen and oxygen atoms in total. The Morgan fingerprint density at radius 1 is 0.191 bits per heavy atom. The minimum absolute atomic E-state index is 0.777. The summed E-state index contributed by atoms with van der Waals surface area (Å²) in [5, 5.41) is 24.1. The Morgan fingerprint density at radius 3 is 0.950 bits per heavy atom. The van der Waals surface area contributed by atoms with Crippen LogP contribution in [0.25, 0.3) is 245 Å². The average Bonchev–Trinajstić information content (AvgIpc) is 1.54. The molecule has 15 heteroatoms. The molecule has 0 radical (unpaired) electrons.